The molecule has 2 bridgehead atoms. The Balaban J connectivity index is 1.40. The second-order valence-corrected chi connectivity index (χ2v) is 10.8. The van der Waals surface area contributed by atoms with E-state index in [1.807, 2.05) is 13.0 Å². The number of nitrogens with zero attached hydrogens (tertiary/aromatic N) is 3. The Morgan fingerprint density at radius 3 is 2.71 bits per heavy atom. The standard InChI is InChI=1S/C28H34ClN7O5/c1-4-36-20-10-9-18(24(41-3)16(20)7-8-19(27(36)39)32-21(37)13-40-2)33-28-31-12-17(29)26(35-28)34-23-15-6-5-14(11-15)22(23)25(30)38/h5-6,9-10,12,14-15,19,22-23H,4,7-8,11,13H2,1-3H3,(H2,30,38)(H,32,37)(H2,31,33,34,35)/t14-,15+,19?,22+,23-/m1/s1. The average Bonchev–Trinajstić information content (AvgIpc) is 3.52. The van der Waals surface area contributed by atoms with E-state index in [0.717, 1.165) is 12.0 Å². The molecule has 2 aliphatic carbocycles. The minimum absolute atomic E-state index is 0.111. The summed E-state index contributed by atoms with van der Waals surface area (Å²) in [5.41, 5.74) is 7.85. The lowest BCUT2D eigenvalue weighted by Crippen LogP contribution is -2.48. The van der Waals surface area contributed by atoms with Gasteiger partial charge in [0.1, 0.15) is 23.4 Å². The van der Waals surface area contributed by atoms with Gasteiger partial charge in [0.25, 0.3) is 0 Å². The molecule has 1 saturated carbocycles. The number of benzene rings is 1. The molecule has 2 aromatic rings. The maximum absolute atomic E-state index is 13.3. The van der Waals surface area contributed by atoms with Crippen LogP contribution in [0.4, 0.5) is 23.1 Å². The van der Waals surface area contributed by atoms with Crippen molar-refractivity contribution in [2.75, 3.05) is 42.9 Å². The average molecular weight is 584 g/mol. The van der Waals surface area contributed by atoms with E-state index >= 15 is 0 Å². The van der Waals surface area contributed by atoms with Crippen molar-refractivity contribution in [2.24, 2.45) is 23.5 Å². The summed E-state index contributed by atoms with van der Waals surface area (Å²) in [6.45, 7) is 2.17. The van der Waals surface area contributed by atoms with E-state index in [9.17, 15) is 14.4 Å². The third kappa shape index (κ3) is 5.53. The molecule has 0 radical (unpaired) electrons. The zero-order valence-corrected chi connectivity index (χ0v) is 23.9. The molecule has 3 amide bonds. The molecule has 0 spiro atoms. The maximum atomic E-state index is 13.3. The molecule has 12 nitrogen and oxygen atoms in total. The number of methoxy groups -OCH3 is 2. The van der Waals surface area contributed by atoms with E-state index in [1.165, 1.54) is 13.3 Å². The summed E-state index contributed by atoms with van der Waals surface area (Å²) in [5.74, 6) is 0.241. The fourth-order valence-corrected chi connectivity index (χ4v) is 6.35. The fraction of sp³-hybridized carbons (Fsp3) is 0.464. The summed E-state index contributed by atoms with van der Waals surface area (Å²) in [7, 11) is 2.99. The molecule has 1 aromatic heterocycles. The van der Waals surface area contributed by atoms with Crippen LogP contribution in [-0.4, -0.2) is 67.1 Å². The lowest BCUT2D eigenvalue weighted by molar-refractivity contribution is -0.129. The first-order valence-electron chi connectivity index (χ1n) is 13.6. The number of carbonyl (C=O) groups excluding carboxylic acids is 3. The Morgan fingerprint density at radius 2 is 2.00 bits per heavy atom. The fourth-order valence-electron chi connectivity index (χ4n) is 6.20. The van der Waals surface area contributed by atoms with Gasteiger partial charge in [-0.25, -0.2) is 4.98 Å². The van der Waals surface area contributed by atoms with Gasteiger partial charge in [-0.1, -0.05) is 23.8 Å². The molecule has 3 aliphatic rings. The number of nitrogens with one attached hydrogen (secondary N) is 3. The minimum atomic E-state index is -0.690. The van der Waals surface area contributed by atoms with Crippen molar-refractivity contribution >= 4 is 52.5 Å². The number of rotatable bonds is 10. The molecule has 2 heterocycles. The number of aromatic nitrogens is 2. The highest BCUT2D eigenvalue weighted by atomic mass is 35.5. The van der Waals surface area contributed by atoms with Gasteiger partial charge in [0.05, 0.1) is 30.6 Å². The van der Waals surface area contributed by atoms with Gasteiger partial charge in [-0.2, -0.15) is 4.98 Å². The van der Waals surface area contributed by atoms with Gasteiger partial charge in [0.15, 0.2) is 5.82 Å². The van der Waals surface area contributed by atoms with Crippen LogP contribution in [0.2, 0.25) is 5.02 Å². The Hall–Kier alpha value is -3.90. The number of allylic oxidation sites excluding steroid dienone is 1. The molecular weight excluding hydrogens is 550 g/mol. The molecule has 41 heavy (non-hydrogen) atoms. The number of hydrogen-bond acceptors (Lipinski definition) is 9. The Morgan fingerprint density at radius 1 is 1.22 bits per heavy atom. The molecule has 0 saturated heterocycles. The second kappa shape index (κ2) is 11.9. The number of fused-ring (bicyclic) bond motifs is 3. The lowest BCUT2D eigenvalue weighted by atomic mass is 9.88. The van der Waals surface area contributed by atoms with Crippen LogP contribution in [0.1, 0.15) is 25.3 Å². The van der Waals surface area contributed by atoms with E-state index in [-0.39, 0.29) is 54.1 Å². The lowest BCUT2D eigenvalue weighted by Gasteiger charge is -2.27. The predicted molar refractivity (Wildman–Crippen MR) is 154 cm³/mol. The molecular formula is C28H34ClN7O5. The normalized spacial score (nSPS) is 24.5. The third-order valence-corrected chi connectivity index (χ3v) is 8.26. The van der Waals surface area contributed by atoms with Crippen LogP contribution in [0, 0.1) is 17.8 Å². The Bertz CT molecular complexity index is 1390. The quantitative estimate of drug-likeness (QED) is 0.308. The highest BCUT2D eigenvalue weighted by Crippen LogP contribution is 2.45. The summed E-state index contributed by atoms with van der Waals surface area (Å²) in [5, 5.41) is 9.65. The van der Waals surface area contributed by atoms with Crippen molar-refractivity contribution in [3.05, 3.63) is 41.1 Å². The third-order valence-electron chi connectivity index (χ3n) is 7.99. The summed E-state index contributed by atoms with van der Waals surface area (Å²) >= 11 is 6.44. The van der Waals surface area contributed by atoms with Crippen LogP contribution < -0.4 is 31.3 Å². The monoisotopic (exact) mass is 583 g/mol. The number of likely N-dealkylation sites (N-methyl/N-ethyl adjacent to an activating group) is 1. The van der Waals surface area contributed by atoms with E-state index in [2.05, 4.69) is 38.1 Å². The smallest absolute Gasteiger partial charge is 0.249 e. The molecule has 5 N–H and O–H groups in total. The number of nitrogens with two attached hydrogens (primary N) is 1. The second-order valence-electron chi connectivity index (χ2n) is 10.4. The van der Waals surface area contributed by atoms with Crippen molar-refractivity contribution in [3.63, 3.8) is 0 Å². The van der Waals surface area contributed by atoms with Gasteiger partial charge in [-0.05, 0) is 50.2 Å². The zero-order chi connectivity index (χ0) is 29.3. The van der Waals surface area contributed by atoms with Crippen molar-refractivity contribution in [1.29, 1.82) is 0 Å². The van der Waals surface area contributed by atoms with Crippen LogP contribution >= 0.6 is 11.6 Å². The number of amides is 3. The minimum Gasteiger partial charge on any atom is -0.494 e. The van der Waals surface area contributed by atoms with Gasteiger partial charge in [0, 0.05) is 25.3 Å². The summed E-state index contributed by atoms with van der Waals surface area (Å²) in [6, 6.07) is 2.74. The number of primary amides is 1. The molecule has 13 heteroatoms. The van der Waals surface area contributed by atoms with Gasteiger partial charge < -0.3 is 36.1 Å². The molecule has 1 unspecified atom stereocenters. The van der Waals surface area contributed by atoms with Crippen LogP contribution in [-0.2, 0) is 25.5 Å². The first kappa shape index (κ1) is 28.6. The number of carbonyl (C=O) groups is 3. The SMILES string of the molecule is CCN1C(=O)C(NC(=O)COC)CCc2c1ccc(Nc1ncc(Cl)c(N[C@H]3[C@@H](C(N)=O)[C@@H]4C=C[C@H]3C4)n1)c2OC. The van der Waals surface area contributed by atoms with E-state index in [1.54, 1.807) is 18.1 Å². The largest absolute Gasteiger partial charge is 0.494 e. The number of ether oxygens (including phenoxy) is 2. The number of halogens is 1. The molecule has 1 aliphatic heterocycles. The Labute approximate surface area is 243 Å². The first-order chi connectivity index (χ1) is 19.7. The van der Waals surface area contributed by atoms with Gasteiger partial charge in [-0.3, -0.25) is 14.4 Å². The highest BCUT2D eigenvalue weighted by molar-refractivity contribution is 6.32. The molecule has 218 valence electrons. The van der Waals surface area contributed by atoms with Crippen molar-refractivity contribution in [2.45, 2.75) is 38.3 Å². The van der Waals surface area contributed by atoms with Crippen LogP contribution in [0.25, 0.3) is 0 Å². The molecule has 1 aromatic carbocycles. The van der Waals surface area contributed by atoms with Crippen molar-refractivity contribution < 1.29 is 23.9 Å². The van der Waals surface area contributed by atoms with Gasteiger partial charge >= 0.3 is 0 Å². The van der Waals surface area contributed by atoms with Crippen LogP contribution in [0.5, 0.6) is 5.75 Å². The van der Waals surface area contributed by atoms with Gasteiger partial charge in [0.2, 0.25) is 23.7 Å². The Kier molecular flexibility index (Phi) is 8.32. The van der Waals surface area contributed by atoms with E-state index < -0.39 is 6.04 Å². The van der Waals surface area contributed by atoms with Crippen LogP contribution in [0.3, 0.4) is 0 Å². The van der Waals surface area contributed by atoms with E-state index in [0.29, 0.717) is 47.4 Å². The van der Waals surface area contributed by atoms with Crippen molar-refractivity contribution in [3.8, 4) is 5.75 Å². The highest BCUT2D eigenvalue weighted by Gasteiger charge is 2.47. The van der Waals surface area contributed by atoms with E-state index in [4.69, 9.17) is 26.8 Å². The summed E-state index contributed by atoms with van der Waals surface area (Å²) in [4.78, 5) is 48.2. The van der Waals surface area contributed by atoms with Crippen molar-refractivity contribution in [1.82, 2.24) is 15.3 Å². The molecule has 5 atom stereocenters. The predicted octanol–water partition coefficient (Wildman–Crippen LogP) is 2.40. The topological polar surface area (TPSA) is 161 Å². The number of hydrogen-bond donors (Lipinski definition) is 4. The first-order valence-corrected chi connectivity index (χ1v) is 14.0. The zero-order valence-electron chi connectivity index (χ0n) is 23.1. The van der Waals surface area contributed by atoms with Crippen LogP contribution in [0.15, 0.2) is 30.5 Å². The summed E-state index contributed by atoms with van der Waals surface area (Å²) in [6.07, 6.45) is 7.38. The summed E-state index contributed by atoms with van der Waals surface area (Å²) < 4.78 is 10.7. The molecule has 1 fully saturated rings. The number of anilines is 4. The maximum Gasteiger partial charge on any atom is 0.249 e. The van der Waals surface area contributed by atoms with Gasteiger partial charge in [-0.15, -0.1) is 0 Å². The molecule has 5 rings (SSSR count).